The van der Waals surface area contributed by atoms with Gasteiger partial charge in [-0.15, -0.1) is 0 Å². The summed E-state index contributed by atoms with van der Waals surface area (Å²) in [6, 6.07) is 0. The average molecular weight is 256 g/mol. The van der Waals surface area contributed by atoms with Crippen LogP contribution in [0.5, 0.6) is 5.88 Å². The van der Waals surface area contributed by atoms with Gasteiger partial charge in [0.1, 0.15) is 0 Å². The molecule has 1 saturated heterocycles. The quantitative estimate of drug-likeness (QED) is 0.776. The fraction of sp³-hybridized carbons (Fsp3) is 0.700. The van der Waals surface area contributed by atoms with E-state index in [4.69, 9.17) is 9.47 Å². The summed E-state index contributed by atoms with van der Waals surface area (Å²) >= 11 is 0. The Bertz CT molecular complexity index is 389. The summed E-state index contributed by atoms with van der Waals surface area (Å²) in [4.78, 5) is 13.8. The predicted octanol–water partition coefficient (Wildman–Crippen LogP) is -0.261. The lowest BCUT2D eigenvalue weighted by Crippen LogP contribution is -2.41. The second-order valence-electron chi connectivity index (χ2n) is 3.79. The monoisotopic (exact) mass is 256 g/mol. The molecule has 0 radical (unpaired) electrons. The maximum atomic E-state index is 11.8. The molecule has 1 aliphatic heterocycles. The third-order valence-corrected chi connectivity index (χ3v) is 2.47. The second-order valence-corrected chi connectivity index (χ2v) is 3.79. The Balaban J connectivity index is 1.84. The lowest BCUT2D eigenvalue weighted by atomic mass is 10.4. The Hall–Kier alpha value is -1.67. The highest BCUT2D eigenvalue weighted by Crippen LogP contribution is 2.18. The van der Waals surface area contributed by atoms with Gasteiger partial charge < -0.3 is 14.8 Å². The van der Waals surface area contributed by atoms with Crippen LogP contribution in [-0.2, 0) is 9.53 Å². The van der Waals surface area contributed by atoms with Crippen molar-refractivity contribution in [3.05, 3.63) is 0 Å². The van der Waals surface area contributed by atoms with E-state index in [1.807, 2.05) is 11.8 Å². The number of ether oxygens (including phenoxy) is 2. The van der Waals surface area contributed by atoms with Gasteiger partial charge in [0.15, 0.2) is 0 Å². The van der Waals surface area contributed by atoms with Crippen LogP contribution < -0.4 is 10.1 Å². The number of nitrogens with zero attached hydrogens (tertiary/aromatic N) is 3. The maximum absolute atomic E-state index is 11.8. The Labute approximate surface area is 104 Å². The molecule has 1 aliphatic rings. The molecule has 18 heavy (non-hydrogen) atoms. The third kappa shape index (κ3) is 3.41. The number of amides is 1. The van der Waals surface area contributed by atoms with Crippen molar-refractivity contribution in [2.75, 3.05) is 44.8 Å². The van der Waals surface area contributed by atoms with Crippen molar-refractivity contribution in [3.63, 3.8) is 0 Å². The van der Waals surface area contributed by atoms with Gasteiger partial charge in [0.25, 0.3) is 0 Å². The van der Waals surface area contributed by atoms with Gasteiger partial charge in [-0.05, 0) is 17.2 Å². The van der Waals surface area contributed by atoms with E-state index in [-0.39, 0.29) is 17.6 Å². The molecule has 0 saturated carbocycles. The highest BCUT2D eigenvalue weighted by molar-refractivity contribution is 5.92. The van der Waals surface area contributed by atoms with Crippen molar-refractivity contribution in [2.24, 2.45) is 0 Å². The summed E-state index contributed by atoms with van der Waals surface area (Å²) < 4.78 is 14.9. The van der Waals surface area contributed by atoms with Crippen molar-refractivity contribution in [2.45, 2.75) is 6.92 Å². The van der Waals surface area contributed by atoms with Crippen LogP contribution in [-0.4, -0.2) is 60.6 Å². The van der Waals surface area contributed by atoms with Gasteiger partial charge in [-0.1, -0.05) is 0 Å². The molecule has 0 bridgehead atoms. The fourth-order valence-electron chi connectivity index (χ4n) is 1.62. The van der Waals surface area contributed by atoms with Crippen molar-refractivity contribution >= 4 is 11.7 Å². The molecule has 100 valence electrons. The SMILES string of the molecule is CCOc1nonc1NC(=O)CN1CCOCC1. The van der Waals surface area contributed by atoms with Gasteiger partial charge in [-0.25, -0.2) is 4.63 Å². The van der Waals surface area contributed by atoms with Crippen molar-refractivity contribution < 1.29 is 18.9 Å². The predicted molar refractivity (Wildman–Crippen MR) is 61.4 cm³/mol. The second kappa shape index (κ2) is 6.31. The number of carbonyl (C=O) groups is 1. The largest absolute Gasteiger partial charge is 0.473 e. The van der Waals surface area contributed by atoms with E-state index in [1.54, 1.807) is 0 Å². The number of morpholine rings is 1. The van der Waals surface area contributed by atoms with E-state index < -0.39 is 0 Å². The zero-order valence-corrected chi connectivity index (χ0v) is 10.2. The molecular weight excluding hydrogens is 240 g/mol. The highest BCUT2D eigenvalue weighted by atomic mass is 16.6. The molecule has 0 atom stereocenters. The van der Waals surface area contributed by atoms with Crippen LogP contribution in [0, 0.1) is 0 Å². The number of aromatic nitrogens is 2. The molecule has 1 aromatic heterocycles. The van der Waals surface area contributed by atoms with Gasteiger partial charge >= 0.3 is 5.88 Å². The number of rotatable bonds is 5. The molecule has 2 rings (SSSR count). The van der Waals surface area contributed by atoms with E-state index >= 15 is 0 Å². The van der Waals surface area contributed by atoms with E-state index in [9.17, 15) is 4.79 Å². The molecule has 8 nitrogen and oxygen atoms in total. The topological polar surface area (TPSA) is 89.7 Å². The standard InChI is InChI=1S/C10H16N4O4/c1-2-17-10-9(12-18-13-10)11-8(15)7-14-3-5-16-6-4-14/h2-7H2,1H3,(H,11,12,15). The van der Waals surface area contributed by atoms with Crippen LogP contribution in [0.15, 0.2) is 4.63 Å². The molecule has 1 amide bonds. The van der Waals surface area contributed by atoms with Gasteiger partial charge in [0.05, 0.1) is 26.4 Å². The molecule has 1 fully saturated rings. The van der Waals surface area contributed by atoms with Gasteiger partial charge in [-0.3, -0.25) is 9.69 Å². The summed E-state index contributed by atoms with van der Waals surface area (Å²) in [6.45, 7) is 5.36. The van der Waals surface area contributed by atoms with Crippen LogP contribution in [0.4, 0.5) is 5.82 Å². The van der Waals surface area contributed by atoms with Gasteiger partial charge in [0.2, 0.25) is 11.7 Å². The Kier molecular flexibility index (Phi) is 4.48. The van der Waals surface area contributed by atoms with Crippen molar-refractivity contribution in [3.8, 4) is 5.88 Å². The van der Waals surface area contributed by atoms with Gasteiger partial charge in [-0.2, -0.15) is 0 Å². The molecule has 1 aromatic rings. The van der Waals surface area contributed by atoms with E-state index in [0.717, 1.165) is 13.1 Å². The number of anilines is 1. The number of hydrogen-bond donors (Lipinski definition) is 1. The minimum Gasteiger partial charge on any atom is -0.473 e. The van der Waals surface area contributed by atoms with Gasteiger partial charge in [0, 0.05) is 13.1 Å². The average Bonchev–Trinajstić information content (AvgIpc) is 2.78. The van der Waals surface area contributed by atoms with E-state index in [0.29, 0.717) is 26.4 Å². The summed E-state index contributed by atoms with van der Waals surface area (Å²) in [7, 11) is 0. The highest BCUT2D eigenvalue weighted by Gasteiger charge is 2.18. The maximum Gasteiger partial charge on any atom is 0.300 e. The van der Waals surface area contributed by atoms with Crippen LogP contribution in [0.25, 0.3) is 0 Å². The lowest BCUT2D eigenvalue weighted by Gasteiger charge is -2.25. The minimum atomic E-state index is -0.173. The number of nitrogens with one attached hydrogen (secondary N) is 1. The zero-order valence-electron chi connectivity index (χ0n) is 10.2. The number of carbonyl (C=O) groups excluding carboxylic acids is 1. The zero-order chi connectivity index (χ0) is 12.8. The van der Waals surface area contributed by atoms with Crippen molar-refractivity contribution in [1.82, 2.24) is 15.2 Å². The first-order valence-corrected chi connectivity index (χ1v) is 5.85. The molecule has 1 N–H and O–H groups in total. The molecule has 0 aliphatic carbocycles. The molecule has 2 heterocycles. The molecular formula is C10H16N4O4. The first kappa shape index (κ1) is 12.8. The lowest BCUT2D eigenvalue weighted by molar-refractivity contribution is -0.118. The van der Waals surface area contributed by atoms with Crippen LogP contribution >= 0.6 is 0 Å². The Morgan fingerprint density at radius 2 is 2.22 bits per heavy atom. The first-order valence-electron chi connectivity index (χ1n) is 5.85. The summed E-state index contributed by atoms with van der Waals surface area (Å²) in [5.74, 6) is 0.247. The van der Waals surface area contributed by atoms with Crippen LogP contribution in [0.1, 0.15) is 6.92 Å². The fourth-order valence-corrected chi connectivity index (χ4v) is 1.62. The summed E-state index contributed by atoms with van der Waals surface area (Å²) in [6.07, 6.45) is 0. The van der Waals surface area contributed by atoms with E-state index in [1.165, 1.54) is 0 Å². The molecule has 0 spiro atoms. The smallest absolute Gasteiger partial charge is 0.300 e. The minimum absolute atomic E-state index is 0.173. The Morgan fingerprint density at radius 1 is 1.44 bits per heavy atom. The first-order chi connectivity index (χ1) is 8.79. The molecule has 0 unspecified atom stereocenters. The molecule has 0 aromatic carbocycles. The Morgan fingerprint density at radius 3 is 2.94 bits per heavy atom. The van der Waals surface area contributed by atoms with Crippen molar-refractivity contribution in [1.29, 1.82) is 0 Å². The normalized spacial score (nSPS) is 16.5. The molecule has 8 heteroatoms. The summed E-state index contributed by atoms with van der Waals surface area (Å²) in [5, 5.41) is 9.74. The van der Waals surface area contributed by atoms with E-state index in [2.05, 4.69) is 20.3 Å². The number of hydrogen-bond acceptors (Lipinski definition) is 7. The summed E-state index contributed by atoms with van der Waals surface area (Å²) in [5.41, 5.74) is 0. The van der Waals surface area contributed by atoms with Crippen LogP contribution in [0.2, 0.25) is 0 Å². The van der Waals surface area contributed by atoms with Crippen LogP contribution in [0.3, 0.4) is 0 Å². The third-order valence-electron chi connectivity index (χ3n) is 2.47.